The number of methoxy groups -OCH3 is 2. The van der Waals surface area contributed by atoms with Crippen LogP contribution in [0.2, 0.25) is 0 Å². The van der Waals surface area contributed by atoms with E-state index < -0.39 is 5.41 Å². The van der Waals surface area contributed by atoms with Crippen molar-refractivity contribution in [1.82, 2.24) is 0 Å². The van der Waals surface area contributed by atoms with Crippen molar-refractivity contribution in [3.8, 4) is 11.5 Å². The molecule has 0 radical (unpaired) electrons. The van der Waals surface area contributed by atoms with Crippen LogP contribution in [0.25, 0.3) is 0 Å². The smallest absolute Gasteiger partial charge is 0.137 e. The van der Waals surface area contributed by atoms with E-state index in [2.05, 4.69) is 15.9 Å². The first-order valence-electron chi connectivity index (χ1n) is 5.65. The molecule has 0 aromatic heterocycles. The Morgan fingerprint density at radius 2 is 1.68 bits per heavy atom. The molecular formula is C13H21BrClNO3. The Balaban J connectivity index is 0.00000324. The number of aliphatic hydroxyl groups excluding tert-OH is 1. The number of halogens is 2. The van der Waals surface area contributed by atoms with E-state index in [-0.39, 0.29) is 25.1 Å². The molecule has 0 saturated heterocycles. The number of ether oxygens (including phenoxy) is 2. The minimum atomic E-state index is -0.413. The molecule has 1 aromatic rings. The predicted octanol–water partition coefficient (Wildman–Crippen LogP) is 2.91. The Morgan fingerprint density at radius 3 is 2.00 bits per heavy atom. The Hall–Kier alpha value is -0.490. The van der Waals surface area contributed by atoms with E-state index in [4.69, 9.17) is 15.2 Å². The molecule has 6 heteroatoms. The van der Waals surface area contributed by atoms with E-state index in [1.165, 1.54) is 0 Å². The van der Waals surface area contributed by atoms with Crippen molar-refractivity contribution >= 4 is 28.3 Å². The molecule has 110 valence electrons. The normalized spacial score (nSPS) is 12.6. The second kappa shape index (κ2) is 7.33. The van der Waals surface area contributed by atoms with Crippen LogP contribution < -0.4 is 15.2 Å². The summed E-state index contributed by atoms with van der Waals surface area (Å²) in [5, 5.41) is 9.38. The molecular weight excluding hydrogens is 334 g/mol. The lowest BCUT2D eigenvalue weighted by atomic mass is 9.82. The van der Waals surface area contributed by atoms with Gasteiger partial charge in [0.05, 0.1) is 14.2 Å². The maximum absolute atomic E-state index is 9.38. The third kappa shape index (κ3) is 3.99. The molecule has 1 atom stereocenters. The van der Waals surface area contributed by atoms with E-state index in [0.29, 0.717) is 11.5 Å². The van der Waals surface area contributed by atoms with Gasteiger partial charge in [-0.15, -0.1) is 12.4 Å². The lowest BCUT2D eigenvalue weighted by Crippen LogP contribution is -2.32. The van der Waals surface area contributed by atoms with Gasteiger partial charge in [0.15, 0.2) is 0 Å². The summed E-state index contributed by atoms with van der Waals surface area (Å²) in [6.45, 7) is 3.84. The molecule has 0 aliphatic rings. The van der Waals surface area contributed by atoms with Gasteiger partial charge in [-0.25, -0.2) is 0 Å². The number of nitrogens with two attached hydrogens (primary N) is 1. The van der Waals surface area contributed by atoms with Crippen LogP contribution in [-0.4, -0.2) is 25.9 Å². The summed E-state index contributed by atoms with van der Waals surface area (Å²) in [4.78, 5) is 0. The van der Waals surface area contributed by atoms with Crippen molar-refractivity contribution in [2.24, 2.45) is 11.1 Å². The van der Waals surface area contributed by atoms with Gasteiger partial charge in [-0.05, 0) is 33.6 Å². The van der Waals surface area contributed by atoms with Crippen molar-refractivity contribution in [2.75, 3.05) is 20.8 Å². The molecule has 0 spiro atoms. The minimum Gasteiger partial charge on any atom is -0.495 e. The number of benzene rings is 1. The topological polar surface area (TPSA) is 64.7 Å². The maximum Gasteiger partial charge on any atom is 0.137 e. The molecule has 0 amide bonds. The Labute approximate surface area is 128 Å². The van der Waals surface area contributed by atoms with Crippen molar-refractivity contribution in [3.05, 3.63) is 22.2 Å². The van der Waals surface area contributed by atoms with Gasteiger partial charge in [-0.1, -0.05) is 13.8 Å². The van der Waals surface area contributed by atoms with Crippen LogP contribution >= 0.6 is 28.3 Å². The molecule has 0 bridgehead atoms. The zero-order chi connectivity index (χ0) is 13.9. The average molecular weight is 355 g/mol. The minimum absolute atomic E-state index is 0. The second-order valence-electron chi connectivity index (χ2n) is 4.86. The quantitative estimate of drug-likeness (QED) is 0.853. The highest BCUT2D eigenvalue weighted by atomic mass is 79.9. The average Bonchev–Trinajstić information content (AvgIpc) is 2.38. The van der Waals surface area contributed by atoms with E-state index in [0.717, 1.165) is 10.0 Å². The van der Waals surface area contributed by atoms with Crippen molar-refractivity contribution in [2.45, 2.75) is 19.9 Å². The van der Waals surface area contributed by atoms with Crippen molar-refractivity contribution in [3.63, 3.8) is 0 Å². The van der Waals surface area contributed by atoms with Crippen LogP contribution in [0.4, 0.5) is 0 Å². The van der Waals surface area contributed by atoms with Gasteiger partial charge in [-0.2, -0.15) is 0 Å². The summed E-state index contributed by atoms with van der Waals surface area (Å²) in [5.41, 5.74) is 6.65. The standard InChI is InChI=1S/C13H20BrNO3.ClH/c1-13(2,7-16)12(15)8-5-9(17-3)11(14)10(6-8)18-4;/h5-6,12,16H,7,15H2,1-4H3;1H/t12-;/m0./s1. The summed E-state index contributed by atoms with van der Waals surface area (Å²) < 4.78 is 11.3. The molecule has 19 heavy (non-hydrogen) atoms. The SMILES string of the molecule is COc1cc([C@H](N)C(C)(C)CO)cc(OC)c1Br.Cl. The number of hydrogen-bond donors (Lipinski definition) is 2. The van der Waals surface area contributed by atoms with E-state index >= 15 is 0 Å². The zero-order valence-electron chi connectivity index (χ0n) is 11.6. The van der Waals surface area contributed by atoms with Crippen LogP contribution in [0.1, 0.15) is 25.5 Å². The molecule has 0 heterocycles. The summed E-state index contributed by atoms with van der Waals surface area (Å²) in [6, 6.07) is 3.40. The van der Waals surface area contributed by atoms with Crippen LogP contribution in [0.15, 0.2) is 16.6 Å². The molecule has 0 saturated carbocycles. The maximum atomic E-state index is 9.38. The molecule has 3 N–H and O–H groups in total. The second-order valence-corrected chi connectivity index (χ2v) is 5.66. The third-order valence-electron chi connectivity index (χ3n) is 3.08. The van der Waals surface area contributed by atoms with E-state index in [1.807, 2.05) is 26.0 Å². The van der Waals surface area contributed by atoms with E-state index in [9.17, 15) is 5.11 Å². The first-order chi connectivity index (χ1) is 8.37. The van der Waals surface area contributed by atoms with Crippen LogP contribution in [0.3, 0.4) is 0 Å². The van der Waals surface area contributed by atoms with Crippen LogP contribution in [0, 0.1) is 5.41 Å². The third-order valence-corrected chi connectivity index (χ3v) is 3.86. The first kappa shape index (κ1) is 18.5. The summed E-state index contributed by atoms with van der Waals surface area (Å²) in [5.74, 6) is 1.32. The lowest BCUT2D eigenvalue weighted by Gasteiger charge is -2.30. The molecule has 0 fully saturated rings. The van der Waals surface area contributed by atoms with Gasteiger partial charge in [-0.3, -0.25) is 0 Å². The van der Waals surface area contributed by atoms with Gasteiger partial charge in [0.25, 0.3) is 0 Å². The lowest BCUT2D eigenvalue weighted by molar-refractivity contribution is 0.132. The molecule has 1 aromatic carbocycles. The van der Waals surface area contributed by atoms with Crippen LogP contribution in [0.5, 0.6) is 11.5 Å². The molecule has 0 aliphatic heterocycles. The fraction of sp³-hybridized carbons (Fsp3) is 0.538. The fourth-order valence-electron chi connectivity index (χ4n) is 1.62. The van der Waals surface area contributed by atoms with Gasteiger partial charge < -0.3 is 20.3 Å². The summed E-state index contributed by atoms with van der Waals surface area (Å²) in [6.07, 6.45) is 0. The first-order valence-corrected chi connectivity index (χ1v) is 6.44. The highest BCUT2D eigenvalue weighted by molar-refractivity contribution is 9.10. The Bertz CT molecular complexity index is 401. The highest BCUT2D eigenvalue weighted by Crippen LogP contribution is 2.40. The van der Waals surface area contributed by atoms with Gasteiger partial charge >= 0.3 is 0 Å². The summed E-state index contributed by atoms with van der Waals surface area (Å²) >= 11 is 3.41. The zero-order valence-corrected chi connectivity index (χ0v) is 14.0. The number of hydrogen-bond acceptors (Lipinski definition) is 4. The predicted molar refractivity (Wildman–Crippen MR) is 82.3 cm³/mol. The number of rotatable bonds is 5. The van der Waals surface area contributed by atoms with E-state index in [1.54, 1.807) is 14.2 Å². The summed E-state index contributed by atoms with van der Waals surface area (Å²) in [7, 11) is 3.18. The number of aliphatic hydroxyl groups is 1. The van der Waals surface area contributed by atoms with Crippen molar-refractivity contribution in [1.29, 1.82) is 0 Å². The van der Waals surface area contributed by atoms with Crippen LogP contribution in [-0.2, 0) is 0 Å². The molecule has 4 nitrogen and oxygen atoms in total. The van der Waals surface area contributed by atoms with Crippen molar-refractivity contribution < 1.29 is 14.6 Å². The Morgan fingerprint density at radius 1 is 1.26 bits per heavy atom. The van der Waals surface area contributed by atoms with Gasteiger partial charge in [0.1, 0.15) is 16.0 Å². The van der Waals surface area contributed by atoms with Gasteiger partial charge in [0, 0.05) is 18.1 Å². The monoisotopic (exact) mass is 353 g/mol. The Kier molecular flexibility index (Phi) is 7.15. The molecule has 1 rings (SSSR count). The highest BCUT2D eigenvalue weighted by Gasteiger charge is 2.28. The molecule has 0 unspecified atom stereocenters. The largest absolute Gasteiger partial charge is 0.495 e. The van der Waals surface area contributed by atoms with Gasteiger partial charge in [0.2, 0.25) is 0 Å². The fourth-order valence-corrected chi connectivity index (χ4v) is 2.17. The molecule has 0 aliphatic carbocycles.